The van der Waals surface area contributed by atoms with Crippen molar-refractivity contribution in [3.8, 4) is 0 Å². The molecule has 0 aromatic heterocycles. The van der Waals surface area contributed by atoms with E-state index in [4.69, 9.17) is 0 Å². The minimum absolute atomic E-state index is 0.153. The molecule has 1 aromatic rings. The Morgan fingerprint density at radius 2 is 1.76 bits per heavy atom. The molecule has 0 heterocycles. The average molecular weight is 302 g/mol. The van der Waals surface area contributed by atoms with E-state index >= 15 is 0 Å². The fourth-order valence-corrected chi connectivity index (χ4v) is 4.23. The number of rotatable bonds is 7. The quantitative estimate of drug-likeness (QED) is 0.759. The minimum atomic E-state index is -0.153. The summed E-state index contributed by atoms with van der Waals surface area (Å²) in [6.45, 7) is 8.65. The Morgan fingerprint density at radius 1 is 1.05 bits per heavy atom. The topological polar surface area (TPSA) is 12.0 Å². The van der Waals surface area contributed by atoms with Gasteiger partial charge in [0.2, 0.25) is 0 Å². The largest absolute Gasteiger partial charge is 0.317 e. The van der Waals surface area contributed by atoms with Crippen LogP contribution in [0.3, 0.4) is 0 Å². The van der Waals surface area contributed by atoms with Gasteiger partial charge in [-0.1, -0.05) is 86.5 Å². The van der Waals surface area contributed by atoms with Crippen LogP contribution < -0.4 is 10.5 Å². The second kappa shape index (κ2) is 11.5. The molecular weight excluding hydrogens is 270 g/mol. The van der Waals surface area contributed by atoms with Gasteiger partial charge in [-0.3, -0.25) is 0 Å². The third-order valence-corrected chi connectivity index (χ3v) is 5.54. The van der Waals surface area contributed by atoms with Gasteiger partial charge in [0.25, 0.3) is 0 Å². The molecular formula is C19H31NSi. The first kappa shape index (κ1) is 17.9. The molecule has 1 aromatic carbocycles. The molecule has 1 aliphatic carbocycles. The summed E-state index contributed by atoms with van der Waals surface area (Å²) in [5, 5.41) is 4.69. The van der Waals surface area contributed by atoms with Gasteiger partial charge in [-0.2, -0.15) is 0 Å². The van der Waals surface area contributed by atoms with E-state index in [0.717, 1.165) is 18.6 Å². The SMILES string of the molecule is CCCCC1=CC([SiH2]c2ccccc2)C=C1.CCNCC. The predicted octanol–water partition coefficient (Wildman–Crippen LogP) is 3.57. The highest BCUT2D eigenvalue weighted by Gasteiger charge is 2.10. The van der Waals surface area contributed by atoms with Crippen LogP contribution in [0.5, 0.6) is 0 Å². The summed E-state index contributed by atoms with van der Waals surface area (Å²) in [4.78, 5) is 0. The summed E-state index contributed by atoms with van der Waals surface area (Å²) in [5.41, 5.74) is 2.32. The van der Waals surface area contributed by atoms with Crippen LogP contribution in [-0.4, -0.2) is 22.6 Å². The molecule has 0 fully saturated rings. The molecule has 0 saturated heterocycles. The Kier molecular flexibility index (Phi) is 9.84. The van der Waals surface area contributed by atoms with E-state index in [-0.39, 0.29) is 9.52 Å². The molecule has 0 radical (unpaired) electrons. The van der Waals surface area contributed by atoms with E-state index in [1.165, 1.54) is 19.3 Å². The van der Waals surface area contributed by atoms with Gasteiger partial charge in [0.05, 0.1) is 9.52 Å². The molecule has 2 rings (SSSR count). The number of benzene rings is 1. The maximum absolute atomic E-state index is 3.11. The van der Waals surface area contributed by atoms with Gasteiger partial charge < -0.3 is 5.32 Å². The maximum Gasteiger partial charge on any atom is 0.0663 e. The molecule has 1 atom stereocenters. The van der Waals surface area contributed by atoms with Crippen LogP contribution >= 0.6 is 0 Å². The number of allylic oxidation sites excluding steroid dienone is 4. The normalized spacial score (nSPS) is 16.9. The summed E-state index contributed by atoms with van der Waals surface area (Å²) in [7, 11) is -0.153. The molecule has 1 nitrogen and oxygen atoms in total. The highest BCUT2D eigenvalue weighted by Crippen LogP contribution is 2.23. The number of hydrogen-bond acceptors (Lipinski definition) is 1. The summed E-state index contributed by atoms with van der Waals surface area (Å²) < 4.78 is 0. The van der Waals surface area contributed by atoms with Crippen molar-refractivity contribution in [1.29, 1.82) is 0 Å². The lowest BCUT2D eigenvalue weighted by Crippen LogP contribution is -2.16. The van der Waals surface area contributed by atoms with Crippen molar-refractivity contribution in [3.63, 3.8) is 0 Å². The Labute approximate surface area is 133 Å². The fraction of sp³-hybridized carbons (Fsp3) is 0.474. The zero-order chi connectivity index (χ0) is 15.3. The fourth-order valence-electron chi connectivity index (χ4n) is 2.44. The van der Waals surface area contributed by atoms with Crippen LogP contribution in [0.25, 0.3) is 0 Å². The van der Waals surface area contributed by atoms with E-state index < -0.39 is 0 Å². The lowest BCUT2D eigenvalue weighted by atomic mass is 10.1. The lowest BCUT2D eigenvalue weighted by molar-refractivity contribution is 0.762. The lowest BCUT2D eigenvalue weighted by Gasteiger charge is -2.04. The summed E-state index contributed by atoms with van der Waals surface area (Å²) >= 11 is 0. The van der Waals surface area contributed by atoms with E-state index in [1.807, 2.05) is 0 Å². The van der Waals surface area contributed by atoms with Crippen molar-refractivity contribution in [1.82, 2.24) is 5.32 Å². The van der Waals surface area contributed by atoms with Crippen LogP contribution in [0, 0.1) is 0 Å². The number of nitrogens with one attached hydrogen (secondary N) is 1. The zero-order valence-electron chi connectivity index (χ0n) is 13.9. The maximum atomic E-state index is 3.11. The molecule has 0 amide bonds. The Hall–Kier alpha value is -1.12. The Bertz CT molecular complexity index is 420. The van der Waals surface area contributed by atoms with Gasteiger partial charge >= 0.3 is 0 Å². The van der Waals surface area contributed by atoms with Gasteiger partial charge in [-0.05, 0) is 31.5 Å². The van der Waals surface area contributed by atoms with Crippen LogP contribution in [0.4, 0.5) is 0 Å². The Balaban J connectivity index is 0.000000383. The summed E-state index contributed by atoms with van der Waals surface area (Å²) in [6.07, 6.45) is 11.1. The van der Waals surface area contributed by atoms with Crippen molar-refractivity contribution >= 4 is 14.7 Å². The van der Waals surface area contributed by atoms with Crippen LogP contribution in [0.2, 0.25) is 5.54 Å². The van der Waals surface area contributed by atoms with Gasteiger partial charge in [0, 0.05) is 0 Å². The third-order valence-electron chi connectivity index (χ3n) is 3.62. The smallest absolute Gasteiger partial charge is 0.0663 e. The second-order valence-electron chi connectivity index (χ2n) is 5.51. The van der Waals surface area contributed by atoms with E-state index in [2.05, 4.69) is 74.6 Å². The van der Waals surface area contributed by atoms with Crippen molar-refractivity contribution in [2.45, 2.75) is 45.6 Å². The average Bonchev–Trinajstić information content (AvgIpc) is 2.95. The molecule has 1 unspecified atom stereocenters. The third kappa shape index (κ3) is 8.03. The molecule has 21 heavy (non-hydrogen) atoms. The first-order valence-electron chi connectivity index (χ1n) is 8.43. The highest BCUT2D eigenvalue weighted by atomic mass is 28.2. The van der Waals surface area contributed by atoms with E-state index in [1.54, 1.807) is 10.8 Å². The van der Waals surface area contributed by atoms with Gasteiger partial charge in [-0.15, -0.1) is 0 Å². The van der Waals surface area contributed by atoms with Gasteiger partial charge in [0.15, 0.2) is 0 Å². The zero-order valence-corrected chi connectivity index (χ0v) is 15.4. The first-order chi connectivity index (χ1) is 10.3. The minimum Gasteiger partial charge on any atom is -0.317 e. The first-order valence-corrected chi connectivity index (χ1v) is 9.96. The van der Waals surface area contributed by atoms with Crippen LogP contribution in [0.1, 0.15) is 40.0 Å². The number of unbranched alkanes of at least 4 members (excludes halogenated alkanes) is 1. The number of hydrogen-bond donors (Lipinski definition) is 1. The summed E-state index contributed by atoms with van der Waals surface area (Å²) in [5.74, 6) is 0. The van der Waals surface area contributed by atoms with Gasteiger partial charge in [-0.25, -0.2) is 0 Å². The molecule has 0 aliphatic heterocycles. The van der Waals surface area contributed by atoms with Crippen molar-refractivity contribution < 1.29 is 0 Å². The molecule has 1 N–H and O–H groups in total. The van der Waals surface area contributed by atoms with Gasteiger partial charge in [0.1, 0.15) is 0 Å². The highest BCUT2D eigenvalue weighted by molar-refractivity contribution is 6.56. The molecule has 2 heteroatoms. The van der Waals surface area contributed by atoms with Crippen molar-refractivity contribution in [2.24, 2.45) is 0 Å². The molecule has 116 valence electrons. The van der Waals surface area contributed by atoms with Crippen LogP contribution in [-0.2, 0) is 0 Å². The standard InChI is InChI=1S/C15H20Si.C4H11N/c1-2-3-7-13-10-11-15(12-13)16-14-8-5-4-6-9-14;1-3-5-4-2/h4-6,8-12,15H,2-3,7,16H2,1H3;5H,3-4H2,1-2H3. The van der Waals surface area contributed by atoms with E-state index in [0.29, 0.717) is 0 Å². The molecule has 0 spiro atoms. The van der Waals surface area contributed by atoms with E-state index in [9.17, 15) is 0 Å². The van der Waals surface area contributed by atoms with Crippen molar-refractivity contribution in [2.75, 3.05) is 13.1 Å². The molecule has 1 aliphatic rings. The Morgan fingerprint density at radius 3 is 2.33 bits per heavy atom. The molecule has 0 bridgehead atoms. The monoisotopic (exact) mass is 301 g/mol. The molecule has 0 saturated carbocycles. The summed E-state index contributed by atoms with van der Waals surface area (Å²) in [6, 6.07) is 11.0. The second-order valence-corrected chi connectivity index (χ2v) is 7.68. The predicted molar refractivity (Wildman–Crippen MR) is 99.3 cm³/mol. The van der Waals surface area contributed by atoms with Crippen molar-refractivity contribution in [3.05, 3.63) is 54.1 Å². The van der Waals surface area contributed by atoms with Crippen LogP contribution in [0.15, 0.2) is 54.1 Å².